The van der Waals surface area contributed by atoms with Crippen LogP contribution in [0.25, 0.3) is 11.5 Å². The maximum Gasteiger partial charge on any atom is 0.322 e. The molecule has 7 heteroatoms. The van der Waals surface area contributed by atoms with Crippen molar-refractivity contribution in [1.82, 2.24) is 19.2 Å². The number of methoxy groups -OCH3 is 1. The highest BCUT2D eigenvalue weighted by Gasteiger charge is 2.36. The highest BCUT2D eigenvalue weighted by atomic mass is 16.5. The maximum absolute atomic E-state index is 14.1. The number of nitrogens with one attached hydrogen (secondary N) is 1. The SMILES string of the molecule is CCc1nn(-c2ccccc2)c2c1CN(C(=O)Nc1cccc(OC)c1)[C@@H](c1ccc(C)cc1)c1cccn1-2. The van der Waals surface area contributed by atoms with Crippen LogP contribution in [0.2, 0.25) is 0 Å². The first kappa shape index (κ1) is 24.6. The van der Waals surface area contributed by atoms with E-state index < -0.39 is 0 Å². The normalized spacial score (nSPS) is 14.3. The first-order valence-electron chi connectivity index (χ1n) is 13.2. The lowest BCUT2D eigenvalue weighted by molar-refractivity contribution is 0.194. The number of benzene rings is 3. The lowest BCUT2D eigenvalue weighted by atomic mass is 10.0. The van der Waals surface area contributed by atoms with Gasteiger partial charge in [-0.05, 0) is 55.3 Å². The zero-order valence-corrected chi connectivity index (χ0v) is 22.3. The highest BCUT2D eigenvalue weighted by Crippen LogP contribution is 2.39. The molecule has 3 aromatic carbocycles. The molecule has 1 aliphatic rings. The summed E-state index contributed by atoms with van der Waals surface area (Å²) in [6.45, 7) is 4.59. The minimum absolute atomic E-state index is 0.191. The molecule has 3 heterocycles. The number of ether oxygens (including phenoxy) is 1. The van der Waals surface area contributed by atoms with Gasteiger partial charge in [-0.15, -0.1) is 0 Å². The van der Waals surface area contributed by atoms with Gasteiger partial charge in [0.25, 0.3) is 0 Å². The molecule has 7 nitrogen and oxygen atoms in total. The fraction of sp³-hybridized carbons (Fsp3) is 0.188. The Morgan fingerprint density at radius 1 is 1.00 bits per heavy atom. The molecule has 1 aliphatic heterocycles. The number of rotatable bonds is 5. The van der Waals surface area contributed by atoms with Crippen molar-refractivity contribution in [2.45, 2.75) is 32.9 Å². The van der Waals surface area contributed by atoms with Gasteiger partial charge in [-0.3, -0.25) is 0 Å². The van der Waals surface area contributed by atoms with Crippen molar-refractivity contribution in [3.63, 3.8) is 0 Å². The molecule has 2 amide bonds. The zero-order valence-electron chi connectivity index (χ0n) is 22.3. The summed E-state index contributed by atoms with van der Waals surface area (Å²) in [5.41, 5.74) is 6.88. The summed E-state index contributed by atoms with van der Waals surface area (Å²) in [7, 11) is 1.62. The highest BCUT2D eigenvalue weighted by molar-refractivity contribution is 5.90. The van der Waals surface area contributed by atoms with E-state index >= 15 is 0 Å². The third-order valence-corrected chi connectivity index (χ3v) is 7.28. The summed E-state index contributed by atoms with van der Waals surface area (Å²) < 4.78 is 9.58. The lowest BCUT2D eigenvalue weighted by Gasteiger charge is -2.31. The van der Waals surface area contributed by atoms with Crippen molar-refractivity contribution in [2.24, 2.45) is 0 Å². The Bertz CT molecular complexity index is 1620. The van der Waals surface area contributed by atoms with Crippen LogP contribution < -0.4 is 10.1 Å². The Morgan fingerprint density at radius 2 is 1.79 bits per heavy atom. The van der Waals surface area contributed by atoms with Crippen LogP contribution in [0.4, 0.5) is 10.5 Å². The summed E-state index contributed by atoms with van der Waals surface area (Å²) in [6.07, 6.45) is 2.82. The van der Waals surface area contributed by atoms with Crippen LogP contribution in [0.15, 0.2) is 97.2 Å². The number of urea groups is 1. The molecule has 0 fully saturated rings. The molecule has 0 bridgehead atoms. The second-order valence-electron chi connectivity index (χ2n) is 9.76. The van der Waals surface area contributed by atoms with E-state index in [4.69, 9.17) is 9.84 Å². The van der Waals surface area contributed by atoms with Gasteiger partial charge in [-0.2, -0.15) is 5.10 Å². The minimum Gasteiger partial charge on any atom is -0.497 e. The largest absolute Gasteiger partial charge is 0.497 e. The Morgan fingerprint density at radius 3 is 2.54 bits per heavy atom. The molecule has 0 aliphatic carbocycles. The number of aromatic nitrogens is 3. The molecule has 2 aromatic heterocycles. The van der Waals surface area contributed by atoms with Crippen molar-refractivity contribution >= 4 is 11.7 Å². The quantitative estimate of drug-likeness (QED) is 0.283. The summed E-state index contributed by atoms with van der Waals surface area (Å²) in [5, 5.41) is 8.16. The Labute approximate surface area is 228 Å². The van der Waals surface area contributed by atoms with Crippen LogP contribution in [0, 0.1) is 6.92 Å². The van der Waals surface area contributed by atoms with Gasteiger partial charge < -0.3 is 19.5 Å². The van der Waals surface area contributed by atoms with E-state index in [0.717, 1.165) is 40.4 Å². The molecule has 5 aromatic rings. The first-order chi connectivity index (χ1) is 19.1. The van der Waals surface area contributed by atoms with Crippen molar-refractivity contribution in [3.05, 3.63) is 125 Å². The fourth-order valence-corrected chi connectivity index (χ4v) is 5.34. The standard InChI is InChI=1S/C32H31N5O2/c1-4-28-27-21-36(32(38)33-24-10-8-13-26(20-24)39-3)30(23-17-15-22(2)16-18-23)29-14-9-19-35(29)31(27)37(34-28)25-11-6-5-7-12-25/h5-20,30H,4,21H2,1-3H3,(H,33,38)/t30-/m0/s1. The molecule has 0 unspecified atom stereocenters. The Hall–Kier alpha value is -4.78. The third kappa shape index (κ3) is 4.46. The molecule has 196 valence electrons. The van der Waals surface area contributed by atoms with Crippen molar-refractivity contribution in [1.29, 1.82) is 0 Å². The molecule has 0 spiro atoms. The van der Waals surface area contributed by atoms with Crippen LogP contribution in [0.3, 0.4) is 0 Å². The summed E-state index contributed by atoms with van der Waals surface area (Å²) in [6, 6.07) is 29.7. The van der Waals surface area contributed by atoms with E-state index in [0.29, 0.717) is 18.0 Å². The van der Waals surface area contributed by atoms with Crippen molar-refractivity contribution in [2.75, 3.05) is 12.4 Å². The Kier molecular flexibility index (Phi) is 6.40. The van der Waals surface area contributed by atoms with Gasteiger partial charge in [0.1, 0.15) is 11.6 Å². The van der Waals surface area contributed by atoms with Crippen molar-refractivity contribution in [3.8, 4) is 17.3 Å². The number of anilines is 1. The fourth-order valence-electron chi connectivity index (χ4n) is 5.34. The van der Waals surface area contributed by atoms with Gasteiger partial charge >= 0.3 is 6.03 Å². The Balaban J connectivity index is 1.53. The van der Waals surface area contributed by atoms with E-state index in [9.17, 15) is 4.79 Å². The number of carbonyl (C=O) groups excluding carboxylic acids is 1. The molecule has 0 saturated carbocycles. The van der Waals surface area contributed by atoms with E-state index in [1.807, 2.05) is 58.1 Å². The topological polar surface area (TPSA) is 64.3 Å². The molecule has 39 heavy (non-hydrogen) atoms. The molecule has 0 saturated heterocycles. The van der Waals surface area contributed by atoms with E-state index in [1.54, 1.807) is 7.11 Å². The minimum atomic E-state index is -0.312. The number of para-hydroxylation sites is 1. The van der Waals surface area contributed by atoms with Crippen LogP contribution in [0.1, 0.15) is 41.0 Å². The molecule has 0 radical (unpaired) electrons. The van der Waals surface area contributed by atoms with Crippen LogP contribution in [-0.4, -0.2) is 32.4 Å². The molecular weight excluding hydrogens is 486 g/mol. The van der Waals surface area contributed by atoms with E-state index in [1.165, 1.54) is 5.56 Å². The second kappa shape index (κ2) is 10.2. The molecule has 1 N–H and O–H groups in total. The van der Waals surface area contributed by atoms with Gasteiger partial charge in [0.15, 0.2) is 0 Å². The van der Waals surface area contributed by atoms with Crippen LogP contribution in [0.5, 0.6) is 5.75 Å². The van der Waals surface area contributed by atoms with Crippen LogP contribution in [-0.2, 0) is 13.0 Å². The average Bonchev–Trinajstić information content (AvgIpc) is 3.55. The first-order valence-corrected chi connectivity index (χ1v) is 13.2. The number of amides is 2. The van der Waals surface area contributed by atoms with Gasteiger partial charge in [0.05, 0.1) is 36.8 Å². The van der Waals surface area contributed by atoms with Crippen LogP contribution >= 0.6 is 0 Å². The number of nitrogens with zero attached hydrogens (tertiary/aromatic N) is 4. The number of hydrogen-bond donors (Lipinski definition) is 1. The number of carbonyl (C=O) groups is 1. The predicted octanol–water partition coefficient (Wildman–Crippen LogP) is 6.68. The van der Waals surface area contributed by atoms with Gasteiger partial charge in [-0.25, -0.2) is 9.48 Å². The van der Waals surface area contributed by atoms with Gasteiger partial charge in [0, 0.05) is 23.5 Å². The third-order valence-electron chi connectivity index (χ3n) is 7.28. The van der Waals surface area contributed by atoms with Gasteiger partial charge in [0.2, 0.25) is 0 Å². The molecular formula is C32H31N5O2. The summed E-state index contributed by atoms with van der Waals surface area (Å²) in [5.74, 6) is 1.65. The van der Waals surface area contributed by atoms with Crippen molar-refractivity contribution < 1.29 is 9.53 Å². The monoisotopic (exact) mass is 517 g/mol. The molecule has 6 rings (SSSR count). The number of aryl methyl sites for hydroxylation is 2. The predicted molar refractivity (Wildman–Crippen MR) is 153 cm³/mol. The molecule has 1 atom stereocenters. The van der Waals surface area contributed by atoms with E-state index in [2.05, 4.69) is 72.4 Å². The summed E-state index contributed by atoms with van der Waals surface area (Å²) in [4.78, 5) is 16.0. The maximum atomic E-state index is 14.1. The summed E-state index contributed by atoms with van der Waals surface area (Å²) >= 11 is 0. The number of hydrogen-bond acceptors (Lipinski definition) is 3. The zero-order chi connectivity index (χ0) is 26.9. The number of fused-ring (bicyclic) bond motifs is 3. The lowest BCUT2D eigenvalue weighted by Crippen LogP contribution is -2.38. The van der Waals surface area contributed by atoms with E-state index in [-0.39, 0.29) is 12.1 Å². The average molecular weight is 518 g/mol. The second-order valence-corrected chi connectivity index (χ2v) is 9.76. The van der Waals surface area contributed by atoms with Gasteiger partial charge in [-0.1, -0.05) is 61.0 Å². The smallest absolute Gasteiger partial charge is 0.322 e.